The number of hydrogen-bond donors (Lipinski definition) is 4. The number of rotatable bonds is 10. The number of anilines is 1. The van der Waals surface area contributed by atoms with Crippen molar-refractivity contribution < 1.29 is 23.7 Å². The molecule has 0 unspecified atom stereocenters. The van der Waals surface area contributed by atoms with Crippen LogP contribution in [-0.2, 0) is 4.74 Å². The second kappa shape index (κ2) is 10.5. The number of nitrogens with two attached hydrogens (primary N) is 1. The van der Waals surface area contributed by atoms with Crippen molar-refractivity contribution >= 4 is 28.7 Å². The van der Waals surface area contributed by atoms with E-state index in [0.29, 0.717) is 40.7 Å². The summed E-state index contributed by atoms with van der Waals surface area (Å²) in [5, 5.41) is 33.7. The Balaban J connectivity index is 1.43. The molecular weight excluding hydrogens is 492 g/mol. The van der Waals surface area contributed by atoms with Gasteiger partial charge in [0.05, 0.1) is 18.8 Å². The number of nitrogens with zero attached hydrogens (tertiary/aromatic N) is 5. The minimum Gasteiger partial charge on any atom is -0.388 e. The number of hydrogen-bond acceptors (Lipinski definition) is 10. The van der Waals surface area contributed by atoms with Crippen molar-refractivity contribution in [1.29, 1.82) is 0 Å². The zero-order valence-corrected chi connectivity index (χ0v) is 20.5. The Morgan fingerprint density at radius 3 is 2.78 bits per heavy atom. The molecule has 10 nitrogen and oxygen atoms in total. The fourth-order valence-electron chi connectivity index (χ4n) is 4.63. The van der Waals surface area contributed by atoms with Crippen molar-refractivity contribution in [2.45, 2.75) is 67.7 Å². The summed E-state index contributed by atoms with van der Waals surface area (Å²) in [6, 6.07) is 3.34. The molecule has 2 aliphatic carbocycles. The lowest BCUT2D eigenvalue weighted by atomic mass is 10.1. The maximum Gasteiger partial charge on any atom is 0.191 e. The van der Waals surface area contributed by atoms with Gasteiger partial charge in [0.15, 0.2) is 33.8 Å². The summed E-state index contributed by atoms with van der Waals surface area (Å²) in [6.45, 7) is 2.64. The number of nitrogens with one attached hydrogen (secondary N) is 1. The van der Waals surface area contributed by atoms with Gasteiger partial charge in [-0.2, -0.15) is 0 Å². The first-order valence-corrected chi connectivity index (χ1v) is 13.0. The third kappa shape index (κ3) is 4.90. The molecule has 0 amide bonds. The number of ether oxygens (including phenoxy) is 1. The smallest absolute Gasteiger partial charge is 0.191 e. The highest BCUT2D eigenvalue weighted by Crippen LogP contribution is 2.44. The Bertz CT molecular complexity index is 1230. The van der Waals surface area contributed by atoms with Gasteiger partial charge in [0.2, 0.25) is 0 Å². The summed E-state index contributed by atoms with van der Waals surface area (Å²) in [5.41, 5.74) is 7.09. The largest absolute Gasteiger partial charge is 0.388 e. The SMILES string of the molecule is CCCSc1nc(N[C@@H]2C[C@H]2c2ccc(F)c(F)c2)c2nnn([C@@H]3C[C@H](OCCN)[C@@H](O)[C@H]3O)c2n1. The molecule has 3 aromatic rings. The normalized spacial score (nSPS) is 27.6. The molecule has 194 valence electrons. The van der Waals surface area contributed by atoms with Gasteiger partial charge in [-0.3, -0.25) is 0 Å². The van der Waals surface area contributed by atoms with Crippen LogP contribution in [0.5, 0.6) is 0 Å². The van der Waals surface area contributed by atoms with Crippen LogP contribution in [0.15, 0.2) is 23.4 Å². The molecule has 5 rings (SSSR count). The average Bonchev–Trinajstić information content (AvgIpc) is 3.41. The van der Waals surface area contributed by atoms with E-state index in [1.54, 1.807) is 6.07 Å². The number of aliphatic hydroxyl groups excluding tert-OH is 2. The van der Waals surface area contributed by atoms with E-state index in [1.165, 1.54) is 22.5 Å². The lowest BCUT2D eigenvalue weighted by molar-refractivity contribution is -0.0546. The Kier molecular flexibility index (Phi) is 7.35. The Morgan fingerprint density at radius 2 is 2.03 bits per heavy atom. The highest BCUT2D eigenvalue weighted by Gasteiger charge is 2.45. The van der Waals surface area contributed by atoms with Crippen molar-refractivity contribution in [2.75, 3.05) is 24.2 Å². The number of thioether (sulfide) groups is 1. The van der Waals surface area contributed by atoms with E-state index in [9.17, 15) is 19.0 Å². The molecule has 2 heterocycles. The molecule has 2 aromatic heterocycles. The van der Waals surface area contributed by atoms with Crippen molar-refractivity contribution in [3.05, 3.63) is 35.4 Å². The monoisotopic (exact) mass is 521 g/mol. The van der Waals surface area contributed by atoms with Crippen LogP contribution >= 0.6 is 11.8 Å². The van der Waals surface area contributed by atoms with Crippen LogP contribution in [0.1, 0.15) is 43.7 Å². The van der Waals surface area contributed by atoms with Gasteiger partial charge in [-0.15, -0.1) is 5.10 Å². The molecule has 13 heteroatoms. The first kappa shape index (κ1) is 25.2. The van der Waals surface area contributed by atoms with Crippen molar-refractivity contribution in [3.63, 3.8) is 0 Å². The van der Waals surface area contributed by atoms with Gasteiger partial charge < -0.3 is 26.0 Å². The van der Waals surface area contributed by atoms with Gasteiger partial charge in [0.25, 0.3) is 0 Å². The van der Waals surface area contributed by atoms with Crippen LogP contribution in [0.4, 0.5) is 14.6 Å². The molecule has 0 aliphatic heterocycles. The first-order chi connectivity index (χ1) is 17.4. The topological polar surface area (TPSA) is 144 Å². The van der Waals surface area contributed by atoms with Crippen LogP contribution < -0.4 is 11.1 Å². The van der Waals surface area contributed by atoms with E-state index < -0.39 is 36.0 Å². The third-order valence-electron chi connectivity index (χ3n) is 6.59. The van der Waals surface area contributed by atoms with Crippen LogP contribution in [-0.4, -0.2) is 78.4 Å². The summed E-state index contributed by atoms with van der Waals surface area (Å²) >= 11 is 1.49. The van der Waals surface area contributed by atoms with Gasteiger partial charge in [0, 0.05) is 30.7 Å². The van der Waals surface area contributed by atoms with Crippen molar-refractivity contribution in [3.8, 4) is 0 Å². The van der Waals surface area contributed by atoms with Crippen LogP contribution in [0.2, 0.25) is 0 Å². The average molecular weight is 522 g/mol. The third-order valence-corrected chi connectivity index (χ3v) is 7.64. The highest BCUT2D eigenvalue weighted by molar-refractivity contribution is 7.99. The summed E-state index contributed by atoms with van der Waals surface area (Å²) in [7, 11) is 0. The minimum atomic E-state index is -1.11. The molecule has 6 atom stereocenters. The fraction of sp³-hybridized carbons (Fsp3) is 0.565. The second-order valence-corrected chi connectivity index (χ2v) is 10.2. The predicted octanol–water partition coefficient (Wildman–Crippen LogP) is 1.98. The van der Waals surface area contributed by atoms with Crippen molar-refractivity contribution in [2.24, 2.45) is 5.73 Å². The highest BCUT2D eigenvalue weighted by atomic mass is 32.2. The summed E-state index contributed by atoms with van der Waals surface area (Å²) in [4.78, 5) is 9.30. The quantitative estimate of drug-likeness (QED) is 0.231. The Morgan fingerprint density at radius 1 is 1.19 bits per heavy atom. The number of aromatic nitrogens is 5. The standard InChI is InChI=1S/C23H29F2N7O3S/c1-2-7-36-23-28-21(27-15-9-12(15)11-3-4-13(24)14(25)8-11)18-22(29-23)32(31-30-18)16-10-17(35-6-5-26)20(34)19(16)33/h3-4,8,12,15-17,19-20,33-34H,2,5-7,9-10,26H2,1H3,(H,27,28,29)/t12-,15+,16+,17-,19-,20+/m0/s1. The Labute approximate surface area is 210 Å². The molecule has 0 saturated heterocycles. The molecule has 36 heavy (non-hydrogen) atoms. The van der Waals surface area contributed by atoms with E-state index >= 15 is 0 Å². The number of aliphatic hydroxyl groups is 2. The molecule has 2 fully saturated rings. The number of benzene rings is 1. The molecule has 0 spiro atoms. The zero-order valence-electron chi connectivity index (χ0n) is 19.7. The minimum absolute atomic E-state index is 0.0131. The van der Waals surface area contributed by atoms with E-state index in [2.05, 4.69) is 32.5 Å². The van der Waals surface area contributed by atoms with E-state index in [4.69, 9.17) is 10.5 Å². The van der Waals surface area contributed by atoms with Crippen LogP contribution in [0.3, 0.4) is 0 Å². The first-order valence-electron chi connectivity index (χ1n) is 12.1. The maximum atomic E-state index is 13.7. The van der Waals surface area contributed by atoms with Gasteiger partial charge >= 0.3 is 0 Å². The molecule has 2 saturated carbocycles. The second-order valence-electron chi connectivity index (χ2n) is 9.16. The molecular formula is C23H29F2N7O3S. The van der Waals surface area contributed by atoms with Gasteiger partial charge in [-0.1, -0.05) is 30.0 Å². The zero-order chi connectivity index (χ0) is 25.4. The van der Waals surface area contributed by atoms with Crippen LogP contribution in [0, 0.1) is 11.6 Å². The number of halogens is 2. The summed E-state index contributed by atoms with van der Waals surface area (Å²) < 4.78 is 34.2. The molecule has 2 aliphatic rings. The lowest BCUT2D eigenvalue weighted by Gasteiger charge is -2.17. The van der Waals surface area contributed by atoms with Gasteiger partial charge in [0.1, 0.15) is 12.2 Å². The molecule has 1 aromatic carbocycles. The van der Waals surface area contributed by atoms with E-state index in [-0.39, 0.29) is 18.6 Å². The van der Waals surface area contributed by atoms with E-state index in [1.807, 2.05) is 0 Å². The fourth-order valence-corrected chi connectivity index (χ4v) is 5.32. The van der Waals surface area contributed by atoms with Crippen LogP contribution in [0.25, 0.3) is 11.2 Å². The number of fused-ring (bicyclic) bond motifs is 1. The summed E-state index contributed by atoms with van der Waals surface area (Å²) in [5.74, 6) is -0.420. The van der Waals surface area contributed by atoms with Crippen molar-refractivity contribution in [1.82, 2.24) is 25.0 Å². The molecule has 0 bridgehead atoms. The molecule has 5 N–H and O–H groups in total. The van der Waals surface area contributed by atoms with E-state index in [0.717, 1.165) is 24.7 Å². The van der Waals surface area contributed by atoms with Gasteiger partial charge in [-0.25, -0.2) is 23.4 Å². The lowest BCUT2D eigenvalue weighted by Crippen LogP contribution is -2.33. The Hall–Kier alpha value is -2.45. The molecule has 0 radical (unpaired) electrons. The van der Waals surface area contributed by atoms with Gasteiger partial charge in [-0.05, 0) is 30.5 Å². The maximum absolute atomic E-state index is 13.7. The summed E-state index contributed by atoms with van der Waals surface area (Å²) in [6.07, 6.45) is -0.790. The predicted molar refractivity (Wildman–Crippen MR) is 130 cm³/mol.